The molecule has 1 aliphatic carbocycles. The Bertz CT molecular complexity index is 734. The van der Waals surface area contributed by atoms with Gasteiger partial charge in [-0.2, -0.15) is 0 Å². The summed E-state index contributed by atoms with van der Waals surface area (Å²) in [5.41, 5.74) is -0.687. The molecule has 2 fully saturated rings. The van der Waals surface area contributed by atoms with Gasteiger partial charge in [0.05, 0.1) is 11.5 Å². The average Bonchev–Trinajstić information content (AvgIpc) is 2.64. The maximum absolute atomic E-state index is 13.3. The fourth-order valence-electron chi connectivity index (χ4n) is 4.87. The number of piperidine rings is 1. The van der Waals surface area contributed by atoms with Crippen molar-refractivity contribution in [1.82, 2.24) is 10.2 Å². The van der Waals surface area contributed by atoms with Gasteiger partial charge in [0.1, 0.15) is 0 Å². The van der Waals surface area contributed by atoms with Crippen LogP contribution in [0.4, 0.5) is 0 Å². The Kier molecular flexibility index (Phi) is 6.06. The van der Waals surface area contributed by atoms with E-state index in [9.17, 15) is 14.7 Å². The number of hydrogen-bond donors (Lipinski definition) is 2. The molecule has 0 aromatic heterocycles. The van der Waals surface area contributed by atoms with E-state index in [4.69, 9.17) is 11.6 Å². The molecule has 0 spiro atoms. The molecule has 0 bridgehead atoms. The lowest BCUT2D eigenvalue weighted by molar-refractivity contribution is -0.158. The van der Waals surface area contributed by atoms with Crippen LogP contribution in [0.2, 0.25) is 5.02 Å². The maximum Gasteiger partial charge on any atom is 0.227 e. The molecule has 0 unspecified atom stereocenters. The van der Waals surface area contributed by atoms with Crippen molar-refractivity contribution in [1.29, 1.82) is 0 Å². The summed E-state index contributed by atoms with van der Waals surface area (Å²) in [5.74, 6) is -0.152. The zero-order valence-electron chi connectivity index (χ0n) is 17.0. The van der Waals surface area contributed by atoms with Crippen LogP contribution in [0.3, 0.4) is 0 Å². The van der Waals surface area contributed by atoms with Gasteiger partial charge in [-0.05, 0) is 37.0 Å². The number of nitrogens with one attached hydrogen (secondary N) is 1. The minimum Gasteiger partial charge on any atom is -0.384 e. The molecule has 1 saturated heterocycles. The fraction of sp³-hybridized carbons (Fsp3) is 0.636. The van der Waals surface area contributed by atoms with E-state index in [-0.39, 0.29) is 23.8 Å². The first-order chi connectivity index (χ1) is 13.1. The first-order valence-electron chi connectivity index (χ1n) is 10.2. The van der Waals surface area contributed by atoms with Crippen molar-refractivity contribution in [2.45, 2.75) is 64.5 Å². The molecule has 154 valence electrons. The number of carbonyl (C=O) groups is 2. The largest absolute Gasteiger partial charge is 0.384 e. The first-order valence-corrected chi connectivity index (χ1v) is 10.6. The van der Waals surface area contributed by atoms with E-state index in [1.807, 2.05) is 30.9 Å². The molecule has 1 heterocycles. The van der Waals surface area contributed by atoms with Gasteiger partial charge in [-0.15, -0.1) is 0 Å². The van der Waals surface area contributed by atoms with Crippen LogP contribution in [0.25, 0.3) is 0 Å². The normalized spacial score (nSPS) is 30.0. The minimum atomic E-state index is -1.02. The van der Waals surface area contributed by atoms with Crippen LogP contribution in [0.5, 0.6) is 0 Å². The zero-order chi connectivity index (χ0) is 20.5. The van der Waals surface area contributed by atoms with Crippen molar-refractivity contribution in [3.05, 3.63) is 34.9 Å². The van der Waals surface area contributed by atoms with Gasteiger partial charge in [0, 0.05) is 36.5 Å². The number of carbonyl (C=O) groups excluding carboxylic acids is 2. The summed E-state index contributed by atoms with van der Waals surface area (Å²) in [6, 6.07) is 7.25. The van der Waals surface area contributed by atoms with E-state index in [0.29, 0.717) is 24.5 Å². The first kappa shape index (κ1) is 21.1. The molecule has 2 aliphatic rings. The summed E-state index contributed by atoms with van der Waals surface area (Å²) in [4.78, 5) is 26.7. The lowest BCUT2D eigenvalue weighted by Crippen LogP contribution is -2.59. The quantitative estimate of drug-likeness (QED) is 0.807. The third kappa shape index (κ3) is 4.06. The molecule has 1 aromatic carbocycles. The van der Waals surface area contributed by atoms with Crippen molar-refractivity contribution in [2.24, 2.45) is 11.3 Å². The molecular weight excluding hydrogens is 376 g/mol. The fourth-order valence-corrected chi connectivity index (χ4v) is 4.99. The van der Waals surface area contributed by atoms with Gasteiger partial charge in [0.25, 0.3) is 0 Å². The van der Waals surface area contributed by atoms with Crippen LogP contribution >= 0.6 is 11.6 Å². The number of aliphatic hydroxyl groups is 1. The summed E-state index contributed by atoms with van der Waals surface area (Å²) < 4.78 is 0. The third-order valence-corrected chi connectivity index (χ3v) is 6.81. The average molecular weight is 407 g/mol. The minimum absolute atomic E-state index is 0.0826. The standard InChI is InChI=1S/C22H31ClN2O3/c1-15(26)24-19-7-5-4-6-18(19)20(27)25-13-12-22(28,21(2,3)14-25)16-8-10-17(23)11-9-16/h8-11,18-19,28H,4-7,12-14H2,1-3H3,(H,24,26)/t18-,19+,22-/m0/s1. The number of hydrogen-bond acceptors (Lipinski definition) is 3. The highest BCUT2D eigenvalue weighted by atomic mass is 35.5. The van der Waals surface area contributed by atoms with E-state index < -0.39 is 11.0 Å². The Balaban J connectivity index is 1.76. The van der Waals surface area contributed by atoms with Crippen molar-refractivity contribution in [2.75, 3.05) is 13.1 Å². The van der Waals surface area contributed by atoms with Crippen LogP contribution < -0.4 is 5.32 Å². The van der Waals surface area contributed by atoms with Crippen LogP contribution in [0.1, 0.15) is 58.4 Å². The Morgan fingerprint density at radius 3 is 2.43 bits per heavy atom. The second-order valence-electron chi connectivity index (χ2n) is 8.96. The van der Waals surface area contributed by atoms with Gasteiger partial charge < -0.3 is 15.3 Å². The molecule has 2 amide bonds. The summed E-state index contributed by atoms with van der Waals surface area (Å²) in [6.07, 6.45) is 4.18. The Labute approximate surface area is 172 Å². The lowest BCUT2D eigenvalue weighted by atomic mass is 9.66. The molecule has 1 aromatic rings. The molecule has 2 N–H and O–H groups in total. The Morgan fingerprint density at radius 2 is 1.82 bits per heavy atom. The van der Waals surface area contributed by atoms with Gasteiger partial charge in [0.15, 0.2) is 0 Å². The summed E-state index contributed by atoms with van der Waals surface area (Å²) in [5, 5.41) is 15.1. The molecule has 0 radical (unpaired) electrons. The molecular formula is C22H31ClN2O3. The third-order valence-electron chi connectivity index (χ3n) is 6.55. The summed E-state index contributed by atoms with van der Waals surface area (Å²) in [7, 11) is 0. The summed E-state index contributed by atoms with van der Waals surface area (Å²) >= 11 is 6.00. The molecule has 1 saturated carbocycles. The predicted octanol–water partition coefficient (Wildman–Crippen LogP) is 3.48. The molecule has 1 aliphatic heterocycles. The van der Waals surface area contributed by atoms with Crippen LogP contribution in [-0.4, -0.2) is 41.0 Å². The van der Waals surface area contributed by atoms with Crippen molar-refractivity contribution in [3.63, 3.8) is 0 Å². The maximum atomic E-state index is 13.3. The van der Waals surface area contributed by atoms with Gasteiger partial charge in [0.2, 0.25) is 11.8 Å². The van der Waals surface area contributed by atoms with E-state index in [0.717, 1.165) is 31.2 Å². The van der Waals surface area contributed by atoms with E-state index in [1.165, 1.54) is 6.92 Å². The Morgan fingerprint density at radius 1 is 1.18 bits per heavy atom. The van der Waals surface area contributed by atoms with Gasteiger partial charge >= 0.3 is 0 Å². The number of rotatable bonds is 3. The smallest absolute Gasteiger partial charge is 0.227 e. The van der Waals surface area contributed by atoms with E-state index in [1.54, 1.807) is 12.1 Å². The van der Waals surface area contributed by atoms with Crippen molar-refractivity contribution >= 4 is 23.4 Å². The molecule has 3 atom stereocenters. The van der Waals surface area contributed by atoms with Crippen molar-refractivity contribution < 1.29 is 14.7 Å². The molecule has 6 heteroatoms. The molecule has 28 heavy (non-hydrogen) atoms. The SMILES string of the molecule is CC(=O)N[C@@H]1CCCC[C@@H]1C(=O)N1CC[C@](O)(c2ccc(Cl)cc2)C(C)(C)C1. The second kappa shape index (κ2) is 8.03. The second-order valence-corrected chi connectivity index (χ2v) is 9.40. The highest BCUT2D eigenvalue weighted by Crippen LogP contribution is 2.46. The lowest BCUT2D eigenvalue weighted by Gasteiger charge is -2.51. The summed E-state index contributed by atoms with van der Waals surface area (Å²) in [6.45, 7) is 6.51. The van der Waals surface area contributed by atoms with Crippen LogP contribution in [-0.2, 0) is 15.2 Å². The van der Waals surface area contributed by atoms with E-state index >= 15 is 0 Å². The monoisotopic (exact) mass is 406 g/mol. The number of likely N-dealkylation sites (tertiary alicyclic amines) is 1. The number of halogens is 1. The van der Waals surface area contributed by atoms with E-state index in [2.05, 4.69) is 5.32 Å². The van der Waals surface area contributed by atoms with Crippen molar-refractivity contribution in [3.8, 4) is 0 Å². The topological polar surface area (TPSA) is 69.6 Å². The van der Waals surface area contributed by atoms with Crippen LogP contribution in [0.15, 0.2) is 24.3 Å². The highest BCUT2D eigenvalue weighted by Gasteiger charge is 2.50. The predicted molar refractivity (Wildman–Crippen MR) is 110 cm³/mol. The highest BCUT2D eigenvalue weighted by molar-refractivity contribution is 6.30. The Hall–Kier alpha value is -1.59. The van der Waals surface area contributed by atoms with Crippen LogP contribution in [0, 0.1) is 11.3 Å². The number of benzene rings is 1. The van der Waals surface area contributed by atoms with Gasteiger partial charge in [-0.25, -0.2) is 0 Å². The molecule has 3 rings (SSSR count). The molecule has 5 nitrogen and oxygen atoms in total. The number of nitrogens with zero attached hydrogens (tertiary/aromatic N) is 1. The van der Waals surface area contributed by atoms with Gasteiger partial charge in [-0.3, -0.25) is 9.59 Å². The number of amides is 2. The van der Waals surface area contributed by atoms with Gasteiger partial charge in [-0.1, -0.05) is 50.4 Å². The zero-order valence-corrected chi connectivity index (χ0v) is 17.8.